The summed E-state index contributed by atoms with van der Waals surface area (Å²) in [5.41, 5.74) is 2.06. The van der Waals surface area contributed by atoms with Crippen LogP contribution < -0.4 is 0 Å². The lowest BCUT2D eigenvalue weighted by Gasteiger charge is -2.15. The van der Waals surface area contributed by atoms with Gasteiger partial charge >= 0.3 is 0 Å². The van der Waals surface area contributed by atoms with Gasteiger partial charge in [-0.3, -0.25) is 9.68 Å². The molecule has 0 aromatic rings. The highest BCUT2D eigenvalue weighted by Crippen LogP contribution is 1.95. The van der Waals surface area contributed by atoms with Gasteiger partial charge in [-0.2, -0.15) is 0 Å². The van der Waals surface area contributed by atoms with Crippen molar-refractivity contribution in [1.82, 2.24) is 5.23 Å². The van der Waals surface area contributed by atoms with Crippen LogP contribution in [-0.4, -0.2) is 35.5 Å². The summed E-state index contributed by atoms with van der Waals surface area (Å²) in [6.45, 7) is 4.54. The standard InChI is InChI=1S/C7H17NO2Si/c1-4-11-7-5-6-8(9-2)10-3/h4H,1,5-7,11H2,2-3H3. The van der Waals surface area contributed by atoms with Crippen molar-refractivity contribution in [3.8, 4) is 0 Å². The summed E-state index contributed by atoms with van der Waals surface area (Å²) >= 11 is 0. The van der Waals surface area contributed by atoms with Gasteiger partial charge in [0, 0.05) is 9.52 Å². The van der Waals surface area contributed by atoms with Crippen LogP contribution in [0, 0.1) is 0 Å². The van der Waals surface area contributed by atoms with Crippen LogP contribution in [0.3, 0.4) is 0 Å². The Labute approximate surface area is 70.7 Å². The molecule has 66 valence electrons. The molecule has 0 heterocycles. The summed E-state index contributed by atoms with van der Waals surface area (Å²) < 4.78 is 0. The zero-order valence-corrected chi connectivity index (χ0v) is 8.79. The van der Waals surface area contributed by atoms with Crippen LogP contribution in [0.5, 0.6) is 0 Å². The minimum absolute atomic E-state index is 0.0105. The Morgan fingerprint density at radius 3 is 2.55 bits per heavy atom. The summed E-state index contributed by atoms with van der Waals surface area (Å²) in [6.07, 6.45) is 1.12. The monoisotopic (exact) mass is 175 g/mol. The van der Waals surface area contributed by atoms with Crippen molar-refractivity contribution < 1.29 is 9.68 Å². The van der Waals surface area contributed by atoms with Gasteiger partial charge in [0.2, 0.25) is 0 Å². The van der Waals surface area contributed by atoms with E-state index in [4.69, 9.17) is 9.68 Å². The molecule has 0 rings (SSSR count). The Kier molecular flexibility index (Phi) is 7.82. The number of nitrogens with zero attached hydrogens (tertiary/aromatic N) is 1. The fraction of sp³-hybridized carbons (Fsp3) is 0.714. The minimum atomic E-state index is -0.0105. The summed E-state index contributed by atoms with van der Waals surface area (Å²) in [7, 11) is 3.20. The van der Waals surface area contributed by atoms with Gasteiger partial charge in [0.1, 0.15) is 0 Å². The summed E-state index contributed by atoms with van der Waals surface area (Å²) in [5, 5.41) is 1.48. The van der Waals surface area contributed by atoms with E-state index in [9.17, 15) is 0 Å². The number of hydrogen-bond donors (Lipinski definition) is 0. The van der Waals surface area contributed by atoms with Crippen molar-refractivity contribution in [2.45, 2.75) is 12.5 Å². The maximum atomic E-state index is 4.88. The number of hydrogen-bond acceptors (Lipinski definition) is 3. The lowest BCUT2D eigenvalue weighted by molar-refractivity contribution is -0.342. The predicted octanol–water partition coefficient (Wildman–Crippen LogP) is 0.532. The Bertz CT molecular complexity index is 96.4. The van der Waals surface area contributed by atoms with Gasteiger partial charge in [0.05, 0.1) is 20.8 Å². The Balaban J connectivity index is 3.13. The van der Waals surface area contributed by atoms with Crippen molar-refractivity contribution in [2.75, 3.05) is 20.8 Å². The lowest BCUT2D eigenvalue weighted by Crippen LogP contribution is -2.22. The van der Waals surface area contributed by atoms with E-state index >= 15 is 0 Å². The second-order valence-corrected chi connectivity index (χ2v) is 4.07. The van der Waals surface area contributed by atoms with E-state index < -0.39 is 0 Å². The van der Waals surface area contributed by atoms with Gasteiger partial charge < -0.3 is 0 Å². The van der Waals surface area contributed by atoms with Gasteiger partial charge in [-0.05, 0) is 6.42 Å². The molecule has 0 saturated carbocycles. The molecule has 3 nitrogen and oxygen atoms in total. The van der Waals surface area contributed by atoms with Crippen molar-refractivity contribution in [2.24, 2.45) is 0 Å². The second-order valence-electron chi connectivity index (χ2n) is 2.21. The van der Waals surface area contributed by atoms with Gasteiger partial charge in [0.25, 0.3) is 0 Å². The van der Waals surface area contributed by atoms with E-state index in [1.54, 1.807) is 14.2 Å². The van der Waals surface area contributed by atoms with Crippen molar-refractivity contribution >= 4 is 9.52 Å². The molecular weight excluding hydrogens is 158 g/mol. The molecule has 0 spiro atoms. The Morgan fingerprint density at radius 2 is 2.09 bits per heavy atom. The van der Waals surface area contributed by atoms with E-state index in [0.29, 0.717) is 0 Å². The maximum absolute atomic E-state index is 4.88. The van der Waals surface area contributed by atoms with Crippen molar-refractivity contribution in [3.63, 3.8) is 0 Å². The SMILES string of the molecule is C=C[SiH2]CCCN(OC)OC. The third kappa shape index (κ3) is 6.24. The molecule has 0 bridgehead atoms. The van der Waals surface area contributed by atoms with E-state index in [1.807, 2.05) is 0 Å². The summed E-state index contributed by atoms with van der Waals surface area (Å²) in [5.74, 6) is 0. The molecule has 0 amide bonds. The van der Waals surface area contributed by atoms with Crippen LogP contribution in [0.15, 0.2) is 12.3 Å². The molecule has 4 heteroatoms. The molecule has 0 aliphatic heterocycles. The molecule has 0 aliphatic carbocycles. The molecule has 0 fully saturated rings. The smallest absolute Gasteiger partial charge is 0.0601 e. The van der Waals surface area contributed by atoms with E-state index in [2.05, 4.69) is 12.3 Å². The minimum Gasteiger partial charge on any atom is -0.278 e. The van der Waals surface area contributed by atoms with Gasteiger partial charge in [0.15, 0.2) is 0 Å². The molecular formula is C7H17NO2Si. The van der Waals surface area contributed by atoms with Crippen LogP contribution in [0.1, 0.15) is 6.42 Å². The van der Waals surface area contributed by atoms with Gasteiger partial charge in [-0.25, -0.2) is 0 Å². The first-order chi connectivity index (χ1) is 5.35. The normalized spacial score (nSPS) is 11.5. The quantitative estimate of drug-likeness (QED) is 0.320. The fourth-order valence-electron chi connectivity index (χ4n) is 0.787. The molecule has 0 aromatic carbocycles. The van der Waals surface area contributed by atoms with Crippen LogP contribution in [0.2, 0.25) is 6.04 Å². The highest BCUT2D eigenvalue weighted by Gasteiger charge is 1.98. The average Bonchev–Trinajstić information content (AvgIpc) is 2.05. The molecule has 0 atom stereocenters. The predicted molar refractivity (Wildman–Crippen MR) is 48.9 cm³/mol. The van der Waals surface area contributed by atoms with Gasteiger partial charge in [-0.15, -0.1) is 12.3 Å². The largest absolute Gasteiger partial charge is 0.278 e. The maximum Gasteiger partial charge on any atom is 0.0601 e. The second kappa shape index (κ2) is 7.94. The molecule has 0 aliphatic rings. The van der Waals surface area contributed by atoms with E-state index in [-0.39, 0.29) is 9.52 Å². The van der Waals surface area contributed by atoms with Crippen LogP contribution >= 0.6 is 0 Å². The molecule has 0 unspecified atom stereocenters. The fourth-order valence-corrected chi connectivity index (χ4v) is 1.59. The summed E-state index contributed by atoms with van der Waals surface area (Å²) in [4.78, 5) is 9.76. The van der Waals surface area contributed by atoms with Crippen LogP contribution in [0.4, 0.5) is 0 Å². The van der Waals surface area contributed by atoms with Crippen molar-refractivity contribution in [1.29, 1.82) is 0 Å². The van der Waals surface area contributed by atoms with Crippen molar-refractivity contribution in [3.05, 3.63) is 12.3 Å². The summed E-state index contributed by atoms with van der Waals surface area (Å²) in [6, 6.07) is 1.27. The molecule has 0 aromatic heterocycles. The first-order valence-electron chi connectivity index (χ1n) is 3.81. The topological polar surface area (TPSA) is 21.7 Å². The lowest BCUT2D eigenvalue weighted by atomic mass is 10.5. The molecule has 0 radical (unpaired) electrons. The average molecular weight is 175 g/mol. The number of rotatable bonds is 7. The molecule has 0 N–H and O–H groups in total. The first-order valence-corrected chi connectivity index (χ1v) is 5.63. The highest BCUT2D eigenvalue weighted by atomic mass is 28.2. The van der Waals surface area contributed by atoms with Crippen LogP contribution in [-0.2, 0) is 9.68 Å². The highest BCUT2D eigenvalue weighted by molar-refractivity contribution is 6.41. The molecule has 0 saturated heterocycles. The third-order valence-electron chi connectivity index (χ3n) is 1.41. The molecule has 11 heavy (non-hydrogen) atoms. The number of hydroxylamine groups is 2. The Morgan fingerprint density at radius 1 is 1.45 bits per heavy atom. The van der Waals surface area contributed by atoms with Gasteiger partial charge in [-0.1, -0.05) is 11.3 Å². The van der Waals surface area contributed by atoms with E-state index in [1.165, 1.54) is 11.3 Å². The third-order valence-corrected chi connectivity index (χ3v) is 2.72. The first kappa shape index (κ1) is 10.8. The zero-order valence-electron chi connectivity index (χ0n) is 7.38. The van der Waals surface area contributed by atoms with E-state index in [0.717, 1.165) is 13.0 Å². The zero-order chi connectivity index (χ0) is 8.53. The Hall–Kier alpha value is -0.163. The van der Waals surface area contributed by atoms with Crippen LogP contribution in [0.25, 0.3) is 0 Å².